The summed E-state index contributed by atoms with van der Waals surface area (Å²) < 4.78 is 4.71. The minimum Gasteiger partial charge on any atom is -0.468 e. The average Bonchev–Trinajstić information content (AvgIpc) is 2.32. The first-order valence-electron chi connectivity index (χ1n) is 6.57. The van der Waals surface area contributed by atoms with Gasteiger partial charge in [-0.1, -0.05) is 46.0 Å². The van der Waals surface area contributed by atoms with Crippen molar-refractivity contribution in [3.8, 4) is 0 Å². The Bertz CT molecular complexity index is 171. The Labute approximate surface area is 99.9 Å². The summed E-state index contributed by atoms with van der Waals surface area (Å²) in [6, 6.07) is -0.124. The Kier molecular flexibility index (Phi) is 10.5. The standard InChI is InChI=1S/C13H27NO2/c1-4-6-7-8-9-10-11-14-12(5-2)13(15)16-3/h12,14H,4-11H2,1-3H3. The molecule has 3 heteroatoms. The second-order valence-corrected chi connectivity index (χ2v) is 4.21. The van der Waals surface area contributed by atoms with Crippen molar-refractivity contribution in [2.75, 3.05) is 13.7 Å². The number of nitrogens with one attached hydrogen (secondary N) is 1. The number of ether oxygens (including phenoxy) is 1. The van der Waals surface area contributed by atoms with Crippen LogP contribution in [0.15, 0.2) is 0 Å². The highest BCUT2D eigenvalue weighted by molar-refractivity contribution is 5.75. The normalized spacial score (nSPS) is 12.4. The number of carbonyl (C=O) groups excluding carboxylic acids is 1. The molecule has 0 aromatic rings. The number of methoxy groups -OCH3 is 1. The van der Waals surface area contributed by atoms with E-state index in [0.29, 0.717) is 0 Å². The van der Waals surface area contributed by atoms with E-state index in [2.05, 4.69) is 12.2 Å². The second kappa shape index (κ2) is 10.9. The summed E-state index contributed by atoms with van der Waals surface area (Å²) in [7, 11) is 1.44. The first-order valence-corrected chi connectivity index (χ1v) is 6.57. The number of esters is 1. The first-order chi connectivity index (χ1) is 7.76. The van der Waals surface area contributed by atoms with Crippen LogP contribution in [0.5, 0.6) is 0 Å². The van der Waals surface area contributed by atoms with Gasteiger partial charge in [-0.05, 0) is 19.4 Å². The van der Waals surface area contributed by atoms with Crippen LogP contribution in [0.2, 0.25) is 0 Å². The summed E-state index contributed by atoms with van der Waals surface area (Å²) in [4.78, 5) is 11.3. The molecule has 16 heavy (non-hydrogen) atoms. The van der Waals surface area contributed by atoms with Crippen LogP contribution in [0.1, 0.15) is 58.8 Å². The third-order valence-electron chi connectivity index (χ3n) is 2.82. The van der Waals surface area contributed by atoms with Crippen molar-refractivity contribution in [3.05, 3.63) is 0 Å². The molecule has 0 rings (SSSR count). The summed E-state index contributed by atoms with van der Waals surface area (Å²) >= 11 is 0. The lowest BCUT2D eigenvalue weighted by Crippen LogP contribution is -2.37. The Morgan fingerprint density at radius 1 is 1.12 bits per heavy atom. The zero-order valence-electron chi connectivity index (χ0n) is 11.1. The van der Waals surface area contributed by atoms with Crippen LogP contribution in [-0.4, -0.2) is 25.7 Å². The highest BCUT2D eigenvalue weighted by Crippen LogP contribution is 2.04. The molecule has 1 atom stereocenters. The van der Waals surface area contributed by atoms with Crippen LogP contribution in [0.3, 0.4) is 0 Å². The monoisotopic (exact) mass is 229 g/mol. The molecule has 0 aromatic carbocycles. The van der Waals surface area contributed by atoms with E-state index in [1.165, 1.54) is 39.2 Å². The highest BCUT2D eigenvalue weighted by Gasteiger charge is 2.14. The average molecular weight is 229 g/mol. The van der Waals surface area contributed by atoms with Gasteiger partial charge in [0.15, 0.2) is 0 Å². The summed E-state index contributed by atoms with van der Waals surface area (Å²) in [6.07, 6.45) is 8.48. The summed E-state index contributed by atoms with van der Waals surface area (Å²) in [5.41, 5.74) is 0. The van der Waals surface area contributed by atoms with E-state index in [9.17, 15) is 4.79 Å². The molecule has 0 heterocycles. The van der Waals surface area contributed by atoms with Crippen molar-refractivity contribution >= 4 is 5.97 Å². The number of carbonyl (C=O) groups is 1. The van der Waals surface area contributed by atoms with E-state index in [1.807, 2.05) is 6.92 Å². The van der Waals surface area contributed by atoms with Gasteiger partial charge in [-0.2, -0.15) is 0 Å². The molecule has 0 aromatic heterocycles. The second-order valence-electron chi connectivity index (χ2n) is 4.21. The minimum atomic E-state index is -0.145. The minimum absolute atomic E-state index is 0.124. The third-order valence-corrected chi connectivity index (χ3v) is 2.82. The Morgan fingerprint density at radius 3 is 2.31 bits per heavy atom. The molecule has 1 N–H and O–H groups in total. The molecule has 0 aliphatic heterocycles. The maximum atomic E-state index is 11.3. The van der Waals surface area contributed by atoms with Crippen LogP contribution in [0.25, 0.3) is 0 Å². The van der Waals surface area contributed by atoms with Gasteiger partial charge in [-0.3, -0.25) is 4.79 Å². The SMILES string of the molecule is CCCCCCCCNC(CC)C(=O)OC. The predicted molar refractivity (Wildman–Crippen MR) is 67.5 cm³/mol. The molecule has 96 valence electrons. The van der Waals surface area contributed by atoms with Crippen LogP contribution in [-0.2, 0) is 9.53 Å². The van der Waals surface area contributed by atoms with Crippen LogP contribution < -0.4 is 5.32 Å². The maximum Gasteiger partial charge on any atom is 0.322 e. The Balaban J connectivity index is 3.38. The fraction of sp³-hybridized carbons (Fsp3) is 0.923. The number of rotatable bonds is 10. The van der Waals surface area contributed by atoms with Gasteiger partial charge < -0.3 is 10.1 Å². The van der Waals surface area contributed by atoms with Gasteiger partial charge in [0.1, 0.15) is 6.04 Å². The van der Waals surface area contributed by atoms with Crippen LogP contribution in [0.4, 0.5) is 0 Å². The first kappa shape index (κ1) is 15.4. The van der Waals surface area contributed by atoms with E-state index in [-0.39, 0.29) is 12.0 Å². The molecule has 0 saturated carbocycles. The van der Waals surface area contributed by atoms with E-state index in [1.54, 1.807) is 0 Å². The van der Waals surface area contributed by atoms with E-state index >= 15 is 0 Å². The van der Waals surface area contributed by atoms with Gasteiger partial charge >= 0.3 is 5.97 Å². The molecule has 0 amide bonds. The Morgan fingerprint density at radius 2 is 1.75 bits per heavy atom. The van der Waals surface area contributed by atoms with Crippen LogP contribution >= 0.6 is 0 Å². The van der Waals surface area contributed by atoms with Gasteiger partial charge in [-0.15, -0.1) is 0 Å². The smallest absolute Gasteiger partial charge is 0.322 e. The molecule has 0 fully saturated rings. The molecule has 1 unspecified atom stereocenters. The predicted octanol–water partition coefficient (Wildman–Crippen LogP) is 2.89. The highest BCUT2D eigenvalue weighted by atomic mass is 16.5. The van der Waals surface area contributed by atoms with Crippen molar-refractivity contribution in [1.82, 2.24) is 5.32 Å². The molecule has 0 bridgehead atoms. The van der Waals surface area contributed by atoms with E-state index in [4.69, 9.17) is 4.74 Å². The molecule has 0 aliphatic rings. The molecule has 0 spiro atoms. The van der Waals surface area contributed by atoms with Gasteiger partial charge in [0.25, 0.3) is 0 Å². The lowest BCUT2D eigenvalue weighted by Gasteiger charge is -2.14. The largest absolute Gasteiger partial charge is 0.468 e. The molecule has 0 radical (unpaired) electrons. The molecular weight excluding hydrogens is 202 g/mol. The van der Waals surface area contributed by atoms with Crippen molar-refractivity contribution in [2.45, 2.75) is 64.8 Å². The zero-order chi connectivity index (χ0) is 12.2. The quantitative estimate of drug-likeness (QED) is 0.462. The van der Waals surface area contributed by atoms with Crippen molar-refractivity contribution in [3.63, 3.8) is 0 Å². The lowest BCUT2D eigenvalue weighted by molar-refractivity contribution is -0.143. The molecule has 0 aliphatic carbocycles. The number of unbranched alkanes of at least 4 members (excludes halogenated alkanes) is 5. The van der Waals surface area contributed by atoms with Crippen molar-refractivity contribution < 1.29 is 9.53 Å². The summed E-state index contributed by atoms with van der Waals surface area (Å²) in [5, 5.41) is 3.24. The molecule has 3 nitrogen and oxygen atoms in total. The van der Waals surface area contributed by atoms with Gasteiger partial charge in [0.2, 0.25) is 0 Å². The van der Waals surface area contributed by atoms with E-state index in [0.717, 1.165) is 19.4 Å². The third kappa shape index (κ3) is 7.69. The topological polar surface area (TPSA) is 38.3 Å². The van der Waals surface area contributed by atoms with Crippen molar-refractivity contribution in [2.24, 2.45) is 0 Å². The van der Waals surface area contributed by atoms with Gasteiger partial charge in [0.05, 0.1) is 7.11 Å². The summed E-state index contributed by atoms with van der Waals surface area (Å²) in [6.45, 7) is 5.14. The van der Waals surface area contributed by atoms with E-state index < -0.39 is 0 Å². The fourth-order valence-corrected chi connectivity index (χ4v) is 1.72. The lowest BCUT2D eigenvalue weighted by atomic mass is 10.1. The maximum absolute atomic E-state index is 11.3. The number of hydrogen-bond donors (Lipinski definition) is 1. The Hall–Kier alpha value is -0.570. The summed E-state index contributed by atoms with van der Waals surface area (Å²) in [5.74, 6) is -0.145. The molecular formula is C13H27NO2. The van der Waals surface area contributed by atoms with Gasteiger partial charge in [0, 0.05) is 0 Å². The van der Waals surface area contributed by atoms with Crippen molar-refractivity contribution in [1.29, 1.82) is 0 Å². The number of hydrogen-bond acceptors (Lipinski definition) is 3. The van der Waals surface area contributed by atoms with Gasteiger partial charge in [-0.25, -0.2) is 0 Å². The van der Waals surface area contributed by atoms with Crippen LogP contribution in [0, 0.1) is 0 Å². The zero-order valence-corrected chi connectivity index (χ0v) is 11.1. The fourth-order valence-electron chi connectivity index (χ4n) is 1.72. The molecule has 0 saturated heterocycles.